The minimum atomic E-state index is -0.946. The smallest absolute Gasteiger partial charge is 0.339 e. The lowest BCUT2D eigenvalue weighted by atomic mass is 9.88. The van der Waals surface area contributed by atoms with Gasteiger partial charge in [-0.2, -0.15) is 0 Å². The van der Waals surface area contributed by atoms with E-state index >= 15 is 0 Å². The van der Waals surface area contributed by atoms with Crippen LogP contribution in [-0.2, 0) is 24.1 Å². The summed E-state index contributed by atoms with van der Waals surface area (Å²) in [5, 5.41) is 14.7. The van der Waals surface area contributed by atoms with Crippen LogP contribution in [0.5, 0.6) is 0 Å². The van der Waals surface area contributed by atoms with Crippen molar-refractivity contribution in [2.24, 2.45) is 5.92 Å². The van der Waals surface area contributed by atoms with Crippen LogP contribution in [0.2, 0.25) is 0 Å². The zero-order valence-corrected chi connectivity index (χ0v) is 13.9. The Balaban J connectivity index is 1.84. The van der Waals surface area contributed by atoms with Crippen molar-refractivity contribution in [3.63, 3.8) is 0 Å². The number of carbonyl (C=O) groups excluding carboxylic acids is 1. The van der Waals surface area contributed by atoms with E-state index in [1.165, 1.54) is 22.7 Å². The van der Waals surface area contributed by atoms with E-state index in [0.29, 0.717) is 16.5 Å². The van der Waals surface area contributed by atoms with Crippen LogP contribution in [0.3, 0.4) is 0 Å². The van der Waals surface area contributed by atoms with E-state index in [2.05, 4.69) is 12.2 Å². The fourth-order valence-electron chi connectivity index (χ4n) is 2.81. The second kappa shape index (κ2) is 6.22. The summed E-state index contributed by atoms with van der Waals surface area (Å²) in [6.45, 7) is 2.18. The van der Waals surface area contributed by atoms with E-state index in [4.69, 9.17) is 0 Å². The van der Waals surface area contributed by atoms with Gasteiger partial charge in [0, 0.05) is 9.75 Å². The van der Waals surface area contributed by atoms with Crippen molar-refractivity contribution < 1.29 is 14.7 Å². The number of aromatic carboxylic acids is 1. The van der Waals surface area contributed by atoms with Crippen molar-refractivity contribution >= 4 is 39.6 Å². The molecule has 0 aliphatic heterocycles. The number of carboxylic acid groups (broad SMARTS) is 1. The van der Waals surface area contributed by atoms with Gasteiger partial charge >= 0.3 is 5.97 Å². The molecule has 2 N–H and O–H groups in total. The van der Waals surface area contributed by atoms with Crippen LogP contribution in [0.25, 0.3) is 0 Å². The van der Waals surface area contributed by atoms with E-state index < -0.39 is 5.97 Å². The SMILES string of the molecule is CC1CCc2c(sc(NC(=O)Cc3cccs3)c2C(=O)O)C1. The summed E-state index contributed by atoms with van der Waals surface area (Å²) in [7, 11) is 0. The van der Waals surface area contributed by atoms with E-state index in [1.54, 1.807) is 0 Å². The lowest BCUT2D eigenvalue weighted by Gasteiger charge is -2.17. The molecule has 2 aromatic heterocycles. The number of carbonyl (C=O) groups is 2. The minimum absolute atomic E-state index is 0.156. The number of amides is 1. The maximum atomic E-state index is 12.1. The number of carboxylic acids is 1. The van der Waals surface area contributed by atoms with Crippen LogP contribution in [-0.4, -0.2) is 17.0 Å². The van der Waals surface area contributed by atoms with Gasteiger partial charge in [0.15, 0.2) is 0 Å². The minimum Gasteiger partial charge on any atom is -0.478 e. The molecule has 1 amide bonds. The number of fused-ring (bicyclic) bond motifs is 1. The third-order valence-electron chi connectivity index (χ3n) is 3.89. The van der Waals surface area contributed by atoms with Gasteiger partial charge in [0.2, 0.25) is 5.91 Å². The lowest BCUT2D eigenvalue weighted by molar-refractivity contribution is -0.115. The summed E-state index contributed by atoms with van der Waals surface area (Å²) in [4.78, 5) is 25.8. The predicted molar refractivity (Wildman–Crippen MR) is 89.1 cm³/mol. The van der Waals surface area contributed by atoms with E-state index in [9.17, 15) is 14.7 Å². The highest BCUT2D eigenvalue weighted by atomic mass is 32.1. The number of nitrogens with one attached hydrogen (secondary N) is 1. The van der Waals surface area contributed by atoms with E-state index in [0.717, 1.165) is 34.6 Å². The predicted octanol–water partition coefficient (Wildman–Crippen LogP) is 3.81. The van der Waals surface area contributed by atoms with Crippen molar-refractivity contribution in [2.45, 2.75) is 32.6 Å². The maximum absolute atomic E-state index is 12.1. The first-order chi connectivity index (χ1) is 10.5. The van der Waals surface area contributed by atoms with Gasteiger partial charge < -0.3 is 10.4 Å². The van der Waals surface area contributed by atoms with E-state index in [-0.39, 0.29) is 12.3 Å². The summed E-state index contributed by atoms with van der Waals surface area (Å²) < 4.78 is 0. The van der Waals surface area contributed by atoms with Crippen molar-refractivity contribution in [1.82, 2.24) is 0 Å². The zero-order valence-electron chi connectivity index (χ0n) is 12.2. The fourth-order valence-corrected chi connectivity index (χ4v) is 4.93. The molecular weight excluding hydrogens is 318 g/mol. The number of thiophene rings is 2. The van der Waals surface area contributed by atoms with Crippen LogP contribution in [0.15, 0.2) is 17.5 Å². The maximum Gasteiger partial charge on any atom is 0.339 e. The molecular formula is C16H17NO3S2. The molecule has 2 heterocycles. The normalized spacial score (nSPS) is 17.0. The van der Waals surface area contributed by atoms with Gasteiger partial charge in [0.05, 0.1) is 12.0 Å². The standard InChI is InChI=1S/C16H17NO3S2/c1-9-4-5-11-12(7-9)22-15(14(11)16(19)20)17-13(18)8-10-3-2-6-21-10/h2-3,6,9H,4-5,7-8H2,1H3,(H,17,18)(H,19,20). The first-order valence-corrected chi connectivity index (χ1v) is 8.94. The third-order valence-corrected chi connectivity index (χ3v) is 5.94. The van der Waals surface area contributed by atoms with Crippen LogP contribution in [0.1, 0.15) is 39.0 Å². The second-order valence-electron chi connectivity index (χ2n) is 5.67. The second-order valence-corrected chi connectivity index (χ2v) is 7.80. The molecule has 116 valence electrons. The average molecular weight is 335 g/mol. The Bertz CT molecular complexity index is 703. The molecule has 0 saturated heterocycles. The molecule has 0 radical (unpaired) electrons. The first kappa shape index (κ1) is 15.2. The van der Waals surface area contributed by atoms with Crippen molar-refractivity contribution in [2.75, 3.05) is 5.32 Å². The van der Waals surface area contributed by atoms with Crippen molar-refractivity contribution in [3.8, 4) is 0 Å². The molecule has 1 unspecified atom stereocenters. The molecule has 3 rings (SSSR count). The van der Waals surface area contributed by atoms with Crippen molar-refractivity contribution in [1.29, 1.82) is 0 Å². The van der Waals surface area contributed by atoms with Gasteiger partial charge in [0.1, 0.15) is 5.00 Å². The summed E-state index contributed by atoms with van der Waals surface area (Å²) in [6.07, 6.45) is 2.98. The topological polar surface area (TPSA) is 66.4 Å². The molecule has 0 fully saturated rings. The molecule has 4 nitrogen and oxygen atoms in total. The third kappa shape index (κ3) is 3.08. The highest BCUT2D eigenvalue weighted by Crippen LogP contribution is 2.39. The van der Waals surface area contributed by atoms with Crippen LogP contribution in [0, 0.1) is 5.92 Å². The summed E-state index contributed by atoms with van der Waals surface area (Å²) in [6, 6.07) is 3.81. The van der Waals surface area contributed by atoms with Gasteiger partial charge in [-0.1, -0.05) is 13.0 Å². The molecule has 1 atom stereocenters. The Labute approximate surface area is 136 Å². The van der Waals surface area contributed by atoms with Gasteiger partial charge in [-0.05, 0) is 42.2 Å². The number of hydrogen-bond acceptors (Lipinski definition) is 4. The van der Waals surface area contributed by atoms with Crippen molar-refractivity contribution in [3.05, 3.63) is 38.4 Å². The summed E-state index contributed by atoms with van der Waals surface area (Å²) in [5.74, 6) is -0.530. The Kier molecular flexibility index (Phi) is 4.31. The molecule has 0 bridgehead atoms. The van der Waals surface area contributed by atoms with Gasteiger partial charge in [-0.3, -0.25) is 4.79 Å². The van der Waals surface area contributed by atoms with Crippen LogP contribution < -0.4 is 5.32 Å². The number of anilines is 1. The summed E-state index contributed by atoms with van der Waals surface area (Å²) in [5.41, 5.74) is 1.22. The zero-order chi connectivity index (χ0) is 15.7. The first-order valence-electron chi connectivity index (χ1n) is 7.24. The van der Waals surface area contributed by atoms with Crippen LogP contribution >= 0.6 is 22.7 Å². The highest BCUT2D eigenvalue weighted by Gasteiger charge is 2.28. The average Bonchev–Trinajstić information content (AvgIpc) is 3.04. The Morgan fingerprint density at radius 1 is 1.45 bits per heavy atom. The molecule has 22 heavy (non-hydrogen) atoms. The highest BCUT2D eigenvalue weighted by molar-refractivity contribution is 7.17. The molecule has 1 aliphatic rings. The Hall–Kier alpha value is -1.66. The number of rotatable bonds is 4. The fraction of sp³-hybridized carbons (Fsp3) is 0.375. The molecule has 0 saturated carbocycles. The number of hydrogen-bond donors (Lipinski definition) is 2. The molecule has 0 aromatic carbocycles. The Morgan fingerprint density at radius 2 is 2.27 bits per heavy atom. The summed E-state index contributed by atoms with van der Waals surface area (Å²) >= 11 is 2.95. The largest absolute Gasteiger partial charge is 0.478 e. The van der Waals surface area contributed by atoms with Gasteiger partial charge in [0.25, 0.3) is 0 Å². The quantitative estimate of drug-likeness (QED) is 0.893. The molecule has 6 heteroatoms. The van der Waals surface area contributed by atoms with E-state index in [1.807, 2.05) is 17.5 Å². The molecule has 0 spiro atoms. The monoisotopic (exact) mass is 335 g/mol. The molecule has 2 aromatic rings. The van der Waals surface area contributed by atoms with Crippen LogP contribution in [0.4, 0.5) is 5.00 Å². The van der Waals surface area contributed by atoms with Gasteiger partial charge in [-0.25, -0.2) is 4.79 Å². The lowest BCUT2D eigenvalue weighted by Crippen LogP contribution is -2.16. The Morgan fingerprint density at radius 3 is 2.95 bits per heavy atom. The molecule has 1 aliphatic carbocycles. The van der Waals surface area contributed by atoms with Gasteiger partial charge in [-0.15, -0.1) is 22.7 Å².